The van der Waals surface area contributed by atoms with Gasteiger partial charge in [0.1, 0.15) is 5.52 Å². The number of hydrogen-bond donors (Lipinski definition) is 2. The number of nitrogens with zero attached hydrogens (tertiary/aromatic N) is 4. The number of likely N-dealkylation sites (tertiary alicyclic amines) is 1. The third-order valence-corrected chi connectivity index (χ3v) is 5.51. The van der Waals surface area contributed by atoms with Crippen molar-refractivity contribution in [1.82, 2.24) is 25.3 Å². The molecule has 9 nitrogen and oxygen atoms in total. The molecule has 14 heteroatoms. The summed E-state index contributed by atoms with van der Waals surface area (Å²) in [6.07, 6.45) is -7.05. The minimum atomic E-state index is -5.08. The number of piperidine rings is 1. The number of rotatable bonds is 3. The number of aliphatic carboxylic acids is 1. The van der Waals surface area contributed by atoms with E-state index in [1.807, 2.05) is 18.2 Å². The molecule has 37 heavy (non-hydrogen) atoms. The molecule has 0 saturated carbocycles. The maximum absolute atomic E-state index is 14.6. The van der Waals surface area contributed by atoms with Crippen LogP contribution in [0.2, 0.25) is 0 Å². The number of amides is 1. The van der Waals surface area contributed by atoms with Crippen molar-refractivity contribution in [2.45, 2.75) is 24.6 Å². The molecule has 2 N–H and O–H groups in total. The van der Waals surface area contributed by atoms with Crippen LogP contribution in [-0.4, -0.2) is 73.6 Å². The topological polar surface area (TPSA) is 121 Å². The van der Waals surface area contributed by atoms with E-state index in [-0.39, 0.29) is 24.9 Å². The third kappa shape index (κ3) is 5.90. The first-order valence-electron chi connectivity index (χ1n) is 10.7. The highest BCUT2D eigenvalue weighted by Gasteiger charge is 2.47. The molecular formula is C23H18F5N5O4. The van der Waals surface area contributed by atoms with Crippen LogP contribution < -0.4 is 4.74 Å². The monoisotopic (exact) mass is 523 g/mol. The van der Waals surface area contributed by atoms with E-state index in [2.05, 4.69) is 20.4 Å². The molecule has 1 unspecified atom stereocenters. The Morgan fingerprint density at radius 1 is 1.08 bits per heavy atom. The summed E-state index contributed by atoms with van der Waals surface area (Å²) in [6.45, 7) is -0.301. The van der Waals surface area contributed by atoms with Crippen LogP contribution in [0, 0.1) is 0 Å². The van der Waals surface area contributed by atoms with E-state index >= 15 is 0 Å². The standard InChI is InChI=1S/C21H17F2N5O2.C2HF3O2/c22-21(23)9-10-28(20(29)14-5-7-16-17(11-14)26-27-25-16)12-18(21)30-19-8-6-13-3-1-2-4-15(13)24-19;3-2(4,5)1(6)7/h1-8,11,18H,9-10,12H2,(H,25,26,27);(H,6,7). The number of halogens is 5. The zero-order chi connectivity index (χ0) is 26.8. The minimum Gasteiger partial charge on any atom is -0.475 e. The van der Waals surface area contributed by atoms with Gasteiger partial charge in [0.25, 0.3) is 11.8 Å². The molecule has 0 aliphatic carbocycles. The van der Waals surface area contributed by atoms with Crippen molar-refractivity contribution in [2.75, 3.05) is 13.1 Å². The molecule has 2 aromatic heterocycles. The number of carbonyl (C=O) groups excluding carboxylic acids is 1. The molecule has 1 amide bonds. The zero-order valence-electron chi connectivity index (χ0n) is 18.7. The predicted molar refractivity (Wildman–Crippen MR) is 119 cm³/mol. The Kier molecular flexibility index (Phi) is 6.92. The van der Waals surface area contributed by atoms with E-state index in [1.54, 1.807) is 36.4 Å². The van der Waals surface area contributed by atoms with Crippen LogP contribution in [0.1, 0.15) is 16.8 Å². The van der Waals surface area contributed by atoms with E-state index in [4.69, 9.17) is 14.6 Å². The fraction of sp³-hybridized carbons (Fsp3) is 0.261. The quantitative estimate of drug-likeness (QED) is 0.389. The van der Waals surface area contributed by atoms with Crippen molar-refractivity contribution in [3.63, 3.8) is 0 Å². The number of carbonyl (C=O) groups is 2. The second-order valence-electron chi connectivity index (χ2n) is 8.06. The first-order chi connectivity index (χ1) is 17.4. The lowest BCUT2D eigenvalue weighted by molar-refractivity contribution is -0.192. The molecule has 0 bridgehead atoms. The fourth-order valence-electron chi connectivity index (χ4n) is 3.59. The van der Waals surface area contributed by atoms with Gasteiger partial charge in [0.2, 0.25) is 5.88 Å². The molecule has 1 saturated heterocycles. The first kappa shape index (κ1) is 25.7. The van der Waals surface area contributed by atoms with Crippen LogP contribution in [-0.2, 0) is 4.79 Å². The largest absolute Gasteiger partial charge is 0.490 e. The van der Waals surface area contributed by atoms with Crippen molar-refractivity contribution in [2.24, 2.45) is 0 Å². The number of fused-ring (bicyclic) bond motifs is 2. The van der Waals surface area contributed by atoms with E-state index < -0.39 is 30.6 Å². The van der Waals surface area contributed by atoms with Gasteiger partial charge in [0.15, 0.2) is 6.10 Å². The smallest absolute Gasteiger partial charge is 0.475 e. The maximum atomic E-state index is 14.6. The lowest BCUT2D eigenvalue weighted by atomic mass is 10.0. The molecule has 1 atom stereocenters. The van der Waals surface area contributed by atoms with Crippen LogP contribution >= 0.6 is 0 Å². The maximum Gasteiger partial charge on any atom is 0.490 e. The number of benzene rings is 2. The molecular weight excluding hydrogens is 505 g/mol. The molecule has 1 fully saturated rings. The van der Waals surface area contributed by atoms with Gasteiger partial charge in [-0.3, -0.25) is 9.89 Å². The third-order valence-electron chi connectivity index (χ3n) is 5.51. The second-order valence-corrected chi connectivity index (χ2v) is 8.06. The molecule has 5 rings (SSSR count). The molecule has 0 radical (unpaired) electrons. The highest BCUT2D eigenvalue weighted by molar-refractivity contribution is 5.97. The van der Waals surface area contributed by atoms with E-state index in [0.717, 1.165) is 5.39 Å². The highest BCUT2D eigenvalue weighted by atomic mass is 19.4. The van der Waals surface area contributed by atoms with Gasteiger partial charge in [-0.05, 0) is 30.3 Å². The van der Waals surface area contributed by atoms with Crippen LogP contribution in [0.15, 0.2) is 54.6 Å². The van der Waals surface area contributed by atoms with E-state index in [1.165, 1.54) is 4.90 Å². The number of pyridine rings is 1. The fourth-order valence-corrected chi connectivity index (χ4v) is 3.59. The van der Waals surface area contributed by atoms with Gasteiger partial charge in [-0.2, -0.15) is 13.2 Å². The molecule has 2 aromatic carbocycles. The van der Waals surface area contributed by atoms with Crippen molar-refractivity contribution in [3.05, 3.63) is 60.2 Å². The Bertz CT molecular complexity index is 1440. The highest BCUT2D eigenvalue weighted by Crippen LogP contribution is 2.32. The molecule has 4 aromatic rings. The van der Waals surface area contributed by atoms with Crippen LogP contribution in [0.3, 0.4) is 0 Å². The second kappa shape index (κ2) is 9.95. The van der Waals surface area contributed by atoms with Crippen LogP contribution in [0.4, 0.5) is 22.0 Å². The van der Waals surface area contributed by atoms with Gasteiger partial charge < -0.3 is 14.7 Å². The Morgan fingerprint density at radius 3 is 2.54 bits per heavy atom. The van der Waals surface area contributed by atoms with Crippen molar-refractivity contribution >= 4 is 33.8 Å². The summed E-state index contributed by atoms with van der Waals surface area (Å²) >= 11 is 0. The van der Waals surface area contributed by atoms with E-state index in [9.17, 15) is 26.7 Å². The number of carboxylic acid groups (broad SMARTS) is 1. The van der Waals surface area contributed by atoms with Crippen molar-refractivity contribution < 1.29 is 41.4 Å². The Balaban J connectivity index is 0.000000405. The average Bonchev–Trinajstić information content (AvgIpc) is 3.32. The van der Waals surface area contributed by atoms with Crippen LogP contribution in [0.25, 0.3) is 21.9 Å². The Morgan fingerprint density at radius 2 is 1.81 bits per heavy atom. The van der Waals surface area contributed by atoms with Crippen LogP contribution in [0.5, 0.6) is 5.88 Å². The lowest BCUT2D eigenvalue weighted by Crippen LogP contribution is -2.55. The minimum absolute atomic E-state index is 0.0618. The molecule has 3 heterocycles. The summed E-state index contributed by atoms with van der Waals surface area (Å²) in [7, 11) is 0. The number of carboxylic acids is 1. The SMILES string of the molecule is O=C(O)C(F)(F)F.O=C(c1ccc2[nH]nnc2c1)N1CCC(F)(F)C(Oc2ccc3ccccc3n2)C1. The number of nitrogens with one attached hydrogen (secondary N) is 1. The average molecular weight is 523 g/mol. The lowest BCUT2D eigenvalue weighted by Gasteiger charge is -2.38. The predicted octanol–water partition coefficient (Wildman–Crippen LogP) is 4.07. The molecule has 0 spiro atoms. The van der Waals surface area contributed by atoms with Gasteiger partial charge in [-0.1, -0.05) is 23.4 Å². The molecule has 1 aliphatic heterocycles. The number of aromatic nitrogens is 4. The number of para-hydroxylation sites is 1. The van der Waals surface area contributed by atoms with Gasteiger partial charge >= 0.3 is 12.1 Å². The summed E-state index contributed by atoms with van der Waals surface area (Å²) in [5.41, 5.74) is 2.25. The number of H-pyrrole nitrogens is 1. The Labute approximate surface area is 204 Å². The summed E-state index contributed by atoms with van der Waals surface area (Å²) in [5.74, 6) is -6.07. The van der Waals surface area contributed by atoms with Gasteiger partial charge in [-0.25, -0.2) is 18.6 Å². The van der Waals surface area contributed by atoms with Gasteiger partial charge in [0, 0.05) is 30.0 Å². The number of alkyl halides is 5. The zero-order valence-corrected chi connectivity index (χ0v) is 18.7. The number of aromatic amines is 1. The normalized spacial score (nSPS) is 17.2. The molecule has 194 valence electrons. The number of ether oxygens (including phenoxy) is 1. The van der Waals surface area contributed by atoms with Gasteiger partial charge in [-0.15, -0.1) is 5.10 Å². The molecule has 1 aliphatic rings. The summed E-state index contributed by atoms with van der Waals surface area (Å²) in [5, 5.41) is 18.3. The van der Waals surface area contributed by atoms with Gasteiger partial charge in [0.05, 0.1) is 17.6 Å². The van der Waals surface area contributed by atoms with Crippen molar-refractivity contribution in [3.8, 4) is 5.88 Å². The Hall–Kier alpha value is -4.36. The van der Waals surface area contributed by atoms with Crippen molar-refractivity contribution in [1.29, 1.82) is 0 Å². The van der Waals surface area contributed by atoms with E-state index in [0.29, 0.717) is 22.1 Å². The first-order valence-corrected chi connectivity index (χ1v) is 10.7. The summed E-state index contributed by atoms with van der Waals surface area (Å²) < 4.78 is 66.4. The number of hydrogen-bond acceptors (Lipinski definition) is 6. The summed E-state index contributed by atoms with van der Waals surface area (Å²) in [4.78, 5) is 27.5. The summed E-state index contributed by atoms with van der Waals surface area (Å²) in [6, 6.07) is 15.6.